The van der Waals surface area contributed by atoms with Crippen molar-refractivity contribution in [1.82, 2.24) is 0 Å². The van der Waals surface area contributed by atoms with E-state index in [2.05, 4.69) is 4.74 Å². The van der Waals surface area contributed by atoms with E-state index in [-0.39, 0.29) is 30.2 Å². The van der Waals surface area contributed by atoms with Crippen LogP contribution in [-0.2, 0) is 14.3 Å². The van der Waals surface area contributed by atoms with Crippen LogP contribution in [0, 0.1) is 29.9 Å². The molecule has 2 rings (SSSR count). The lowest BCUT2D eigenvalue weighted by Gasteiger charge is -2.19. The van der Waals surface area contributed by atoms with Crippen LogP contribution in [0.4, 0.5) is 11.4 Å². The Kier molecular flexibility index (Phi) is 3.93. The summed E-state index contributed by atoms with van der Waals surface area (Å²) in [5.74, 6) is -1.36. The highest BCUT2D eigenvalue weighted by Crippen LogP contribution is 2.37. The van der Waals surface area contributed by atoms with Crippen LogP contribution >= 0.6 is 0 Å². The molecule has 1 fully saturated rings. The van der Waals surface area contributed by atoms with Crippen LogP contribution in [0.5, 0.6) is 0 Å². The van der Waals surface area contributed by atoms with Crippen molar-refractivity contribution in [3.05, 3.63) is 33.4 Å². The molecule has 21 heavy (non-hydrogen) atoms. The number of amides is 1. The number of methoxy groups -OCH3 is 1. The number of hydrogen-bond acceptors (Lipinski definition) is 5. The fourth-order valence-corrected chi connectivity index (χ4v) is 2.52. The zero-order valence-electron chi connectivity index (χ0n) is 12.1. The van der Waals surface area contributed by atoms with E-state index in [0.29, 0.717) is 5.56 Å². The van der Waals surface area contributed by atoms with E-state index in [4.69, 9.17) is 0 Å². The van der Waals surface area contributed by atoms with E-state index in [1.165, 1.54) is 18.1 Å². The Labute approximate surface area is 121 Å². The SMILES string of the molecule is COC(=O)C1CC(=O)N(c2c([N+](=O)[O-])ccc(C)c2C)C1. The van der Waals surface area contributed by atoms with Crippen molar-refractivity contribution in [3.8, 4) is 0 Å². The molecule has 0 saturated carbocycles. The van der Waals surface area contributed by atoms with Crippen LogP contribution in [0.15, 0.2) is 12.1 Å². The molecule has 1 atom stereocenters. The molecule has 0 bridgehead atoms. The molecule has 1 aromatic carbocycles. The summed E-state index contributed by atoms with van der Waals surface area (Å²) < 4.78 is 4.65. The summed E-state index contributed by atoms with van der Waals surface area (Å²) >= 11 is 0. The Bertz CT molecular complexity index is 626. The van der Waals surface area contributed by atoms with Gasteiger partial charge in [0.1, 0.15) is 5.69 Å². The van der Waals surface area contributed by atoms with Gasteiger partial charge >= 0.3 is 5.97 Å². The van der Waals surface area contributed by atoms with Crippen molar-refractivity contribution in [2.24, 2.45) is 5.92 Å². The van der Waals surface area contributed by atoms with Crippen molar-refractivity contribution in [2.75, 3.05) is 18.6 Å². The first kappa shape index (κ1) is 15.0. The number of aryl methyl sites for hydroxylation is 1. The maximum absolute atomic E-state index is 12.1. The number of ether oxygens (including phenoxy) is 1. The number of carbonyl (C=O) groups is 2. The highest BCUT2D eigenvalue weighted by molar-refractivity contribution is 6.01. The second kappa shape index (κ2) is 5.51. The van der Waals surface area contributed by atoms with E-state index < -0.39 is 16.8 Å². The fourth-order valence-electron chi connectivity index (χ4n) is 2.52. The van der Waals surface area contributed by atoms with Gasteiger partial charge in [-0.2, -0.15) is 0 Å². The fraction of sp³-hybridized carbons (Fsp3) is 0.429. The average molecular weight is 292 g/mol. The summed E-state index contributed by atoms with van der Waals surface area (Å²) in [4.78, 5) is 35.7. The molecule has 0 radical (unpaired) electrons. The lowest BCUT2D eigenvalue weighted by atomic mass is 10.1. The van der Waals surface area contributed by atoms with Crippen LogP contribution in [0.3, 0.4) is 0 Å². The third kappa shape index (κ3) is 2.58. The number of carbonyl (C=O) groups excluding carboxylic acids is 2. The first-order valence-corrected chi connectivity index (χ1v) is 6.49. The summed E-state index contributed by atoms with van der Waals surface area (Å²) in [6.45, 7) is 3.66. The lowest BCUT2D eigenvalue weighted by molar-refractivity contribution is -0.384. The molecule has 1 heterocycles. The second-order valence-corrected chi connectivity index (χ2v) is 5.06. The van der Waals surface area contributed by atoms with Crippen LogP contribution < -0.4 is 4.90 Å². The molecule has 7 nitrogen and oxygen atoms in total. The average Bonchev–Trinajstić information content (AvgIpc) is 2.82. The van der Waals surface area contributed by atoms with Gasteiger partial charge in [0.25, 0.3) is 5.69 Å². The minimum absolute atomic E-state index is 0.0111. The minimum atomic E-state index is -0.581. The second-order valence-electron chi connectivity index (χ2n) is 5.06. The van der Waals surface area contributed by atoms with E-state index in [1.54, 1.807) is 13.0 Å². The van der Waals surface area contributed by atoms with Crippen LogP contribution in [0.25, 0.3) is 0 Å². The largest absolute Gasteiger partial charge is 0.469 e. The third-order valence-electron chi connectivity index (χ3n) is 3.81. The molecule has 0 aromatic heterocycles. The Morgan fingerprint density at radius 2 is 2.10 bits per heavy atom. The van der Waals surface area contributed by atoms with Crippen LogP contribution in [-0.4, -0.2) is 30.5 Å². The van der Waals surface area contributed by atoms with Crippen molar-refractivity contribution in [3.63, 3.8) is 0 Å². The molecular weight excluding hydrogens is 276 g/mol. The minimum Gasteiger partial charge on any atom is -0.469 e. The molecule has 1 amide bonds. The van der Waals surface area contributed by atoms with Crippen molar-refractivity contribution in [2.45, 2.75) is 20.3 Å². The van der Waals surface area contributed by atoms with Gasteiger partial charge in [0.2, 0.25) is 5.91 Å². The van der Waals surface area contributed by atoms with Gasteiger partial charge in [-0.15, -0.1) is 0 Å². The summed E-state index contributed by atoms with van der Waals surface area (Å²) in [5.41, 5.74) is 1.67. The number of esters is 1. The summed E-state index contributed by atoms with van der Waals surface area (Å²) in [6, 6.07) is 3.03. The summed E-state index contributed by atoms with van der Waals surface area (Å²) in [7, 11) is 1.26. The van der Waals surface area contributed by atoms with Gasteiger partial charge in [-0.1, -0.05) is 6.07 Å². The first-order valence-electron chi connectivity index (χ1n) is 6.49. The molecule has 0 N–H and O–H groups in total. The monoisotopic (exact) mass is 292 g/mol. The van der Waals surface area contributed by atoms with Gasteiger partial charge in [-0.05, 0) is 25.0 Å². The van der Waals surface area contributed by atoms with Crippen LogP contribution in [0.2, 0.25) is 0 Å². The highest BCUT2D eigenvalue weighted by atomic mass is 16.6. The number of rotatable bonds is 3. The zero-order chi connectivity index (χ0) is 15.7. The van der Waals surface area contributed by atoms with Gasteiger partial charge < -0.3 is 9.64 Å². The van der Waals surface area contributed by atoms with Gasteiger partial charge in [-0.3, -0.25) is 19.7 Å². The standard InChI is InChI=1S/C14H16N2O5/c1-8-4-5-11(16(19)20)13(9(8)2)15-7-10(6-12(15)17)14(18)21-3/h4-5,10H,6-7H2,1-3H3. The van der Waals surface area contributed by atoms with Crippen molar-refractivity contribution >= 4 is 23.3 Å². The molecular formula is C14H16N2O5. The zero-order valence-corrected chi connectivity index (χ0v) is 12.1. The number of nitro benzene ring substituents is 1. The molecule has 1 saturated heterocycles. The molecule has 1 aromatic rings. The number of benzene rings is 1. The maximum atomic E-state index is 12.1. The van der Waals surface area contributed by atoms with Gasteiger partial charge in [0, 0.05) is 19.0 Å². The van der Waals surface area contributed by atoms with Crippen LogP contribution in [0.1, 0.15) is 17.5 Å². The van der Waals surface area contributed by atoms with Gasteiger partial charge in [0.15, 0.2) is 0 Å². The van der Waals surface area contributed by atoms with Gasteiger partial charge in [-0.25, -0.2) is 0 Å². The predicted molar refractivity (Wildman–Crippen MR) is 75.0 cm³/mol. The Morgan fingerprint density at radius 3 is 2.67 bits per heavy atom. The molecule has 112 valence electrons. The maximum Gasteiger partial charge on any atom is 0.311 e. The van der Waals surface area contributed by atoms with E-state index in [1.807, 2.05) is 6.92 Å². The molecule has 0 aliphatic carbocycles. The third-order valence-corrected chi connectivity index (χ3v) is 3.81. The quantitative estimate of drug-likeness (QED) is 0.481. The van der Waals surface area contributed by atoms with E-state index in [9.17, 15) is 19.7 Å². The molecule has 1 unspecified atom stereocenters. The van der Waals surface area contributed by atoms with E-state index in [0.717, 1.165) is 5.56 Å². The predicted octanol–water partition coefficient (Wildman–Crippen LogP) is 1.74. The number of anilines is 1. The highest BCUT2D eigenvalue weighted by Gasteiger charge is 2.39. The van der Waals surface area contributed by atoms with Crippen molar-refractivity contribution in [1.29, 1.82) is 0 Å². The Morgan fingerprint density at radius 1 is 1.43 bits per heavy atom. The molecule has 1 aliphatic heterocycles. The topological polar surface area (TPSA) is 89.8 Å². The molecule has 0 spiro atoms. The first-order chi connectivity index (χ1) is 9.86. The van der Waals surface area contributed by atoms with Gasteiger partial charge in [0.05, 0.1) is 18.0 Å². The number of nitrogens with zero attached hydrogens (tertiary/aromatic N) is 2. The number of hydrogen-bond donors (Lipinski definition) is 0. The lowest BCUT2D eigenvalue weighted by Crippen LogP contribution is -2.27. The van der Waals surface area contributed by atoms with E-state index >= 15 is 0 Å². The summed E-state index contributed by atoms with van der Waals surface area (Å²) in [6.07, 6.45) is 0.0111. The smallest absolute Gasteiger partial charge is 0.311 e. The van der Waals surface area contributed by atoms with Crippen molar-refractivity contribution < 1.29 is 19.2 Å². The molecule has 1 aliphatic rings. The molecule has 7 heteroatoms. The Hall–Kier alpha value is -2.44. The normalized spacial score (nSPS) is 18.0. The Balaban J connectivity index is 2.47. The summed E-state index contributed by atoms with van der Waals surface area (Å²) in [5, 5.41) is 11.2. The number of nitro groups is 1.